The van der Waals surface area contributed by atoms with Gasteiger partial charge in [-0.15, -0.1) is 0 Å². The lowest BCUT2D eigenvalue weighted by molar-refractivity contribution is 0.220. The smallest absolute Gasteiger partial charge is 0.123 e. The van der Waals surface area contributed by atoms with E-state index in [0.717, 1.165) is 18.8 Å². The molecular formula is C15H26N2O. The summed E-state index contributed by atoms with van der Waals surface area (Å²) in [6.45, 7) is 8.26. The fraction of sp³-hybridized carbons (Fsp3) is 0.600. The zero-order valence-electron chi connectivity index (χ0n) is 12.2. The normalized spacial score (nSPS) is 13.7. The van der Waals surface area contributed by atoms with Crippen LogP contribution in [0.4, 0.5) is 0 Å². The molecule has 0 radical (unpaired) electrons. The van der Waals surface area contributed by atoms with Crippen molar-refractivity contribution in [2.24, 2.45) is 11.1 Å². The van der Waals surface area contributed by atoms with Gasteiger partial charge in [0.1, 0.15) is 5.75 Å². The van der Waals surface area contributed by atoms with Crippen molar-refractivity contribution in [2.75, 3.05) is 20.7 Å². The van der Waals surface area contributed by atoms with Crippen molar-refractivity contribution >= 4 is 0 Å². The zero-order valence-corrected chi connectivity index (χ0v) is 12.2. The summed E-state index contributed by atoms with van der Waals surface area (Å²) in [5.74, 6) is 0.939. The Morgan fingerprint density at radius 1 is 1.28 bits per heavy atom. The number of hydrogen-bond acceptors (Lipinski definition) is 3. The molecule has 18 heavy (non-hydrogen) atoms. The number of hydrogen-bond donors (Lipinski definition) is 1. The standard InChI is InChI=1S/C15H26N2O/c1-15(2,3)14(16)11-17(4)10-12-8-6-7-9-13(12)18-5/h6-9,14H,10-11,16H2,1-5H3. The van der Waals surface area contributed by atoms with Gasteiger partial charge in [0.15, 0.2) is 0 Å². The number of likely N-dealkylation sites (N-methyl/N-ethyl adjacent to an activating group) is 1. The minimum Gasteiger partial charge on any atom is -0.496 e. The number of nitrogens with two attached hydrogens (primary N) is 1. The molecule has 0 bridgehead atoms. The quantitative estimate of drug-likeness (QED) is 0.872. The number of ether oxygens (including phenoxy) is 1. The van der Waals surface area contributed by atoms with Crippen molar-refractivity contribution in [3.63, 3.8) is 0 Å². The van der Waals surface area contributed by atoms with E-state index in [1.807, 2.05) is 18.2 Å². The Kier molecular flexibility index (Phi) is 5.17. The monoisotopic (exact) mass is 250 g/mol. The SMILES string of the molecule is COc1ccccc1CN(C)CC(N)C(C)(C)C. The van der Waals surface area contributed by atoms with Gasteiger partial charge in [0.05, 0.1) is 7.11 Å². The Hall–Kier alpha value is -1.06. The molecule has 0 saturated heterocycles. The zero-order chi connectivity index (χ0) is 13.8. The van der Waals surface area contributed by atoms with Crippen LogP contribution in [0.15, 0.2) is 24.3 Å². The molecule has 0 amide bonds. The van der Waals surface area contributed by atoms with Crippen LogP contribution in [0.2, 0.25) is 0 Å². The van der Waals surface area contributed by atoms with Crippen molar-refractivity contribution in [3.05, 3.63) is 29.8 Å². The van der Waals surface area contributed by atoms with Gasteiger partial charge in [-0.3, -0.25) is 0 Å². The number of nitrogens with zero attached hydrogens (tertiary/aromatic N) is 1. The molecule has 102 valence electrons. The summed E-state index contributed by atoms with van der Waals surface area (Å²) in [6.07, 6.45) is 0. The Morgan fingerprint density at radius 3 is 2.44 bits per heavy atom. The number of methoxy groups -OCH3 is 1. The third kappa shape index (κ3) is 4.31. The van der Waals surface area contributed by atoms with Crippen LogP contribution in [0.3, 0.4) is 0 Å². The van der Waals surface area contributed by atoms with E-state index in [0.29, 0.717) is 0 Å². The lowest BCUT2D eigenvalue weighted by Crippen LogP contribution is -2.43. The second kappa shape index (κ2) is 6.21. The first-order valence-corrected chi connectivity index (χ1v) is 6.40. The molecule has 3 nitrogen and oxygen atoms in total. The van der Waals surface area contributed by atoms with Gasteiger partial charge < -0.3 is 15.4 Å². The summed E-state index contributed by atoms with van der Waals surface area (Å²) < 4.78 is 5.36. The molecule has 1 rings (SSSR count). The van der Waals surface area contributed by atoms with Gasteiger partial charge in [-0.05, 0) is 18.5 Å². The second-order valence-corrected chi connectivity index (χ2v) is 5.98. The molecule has 1 aromatic rings. The Balaban J connectivity index is 2.62. The first-order chi connectivity index (χ1) is 8.34. The highest BCUT2D eigenvalue weighted by atomic mass is 16.5. The van der Waals surface area contributed by atoms with Crippen LogP contribution in [0.1, 0.15) is 26.3 Å². The number of rotatable bonds is 5. The molecule has 0 spiro atoms. The second-order valence-electron chi connectivity index (χ2n) is 5.98. The van der Waals surface area contributed by atoms with E-state index in [-0.39, 0.29) is 11.5 Å². The fourth-order valence-electron chi connectivity index (χ4n) is 1.80. The molecule has 1 unspecified atom stereocenters. The Labute approximate surface area is 111 Å². The molecule has 1 aromatic carbocycles. The van der Waals surface area contributed by atoms with Gasteiger partial charge in [-0.1, -0.05) is 39.0 Å². The minimum absolute atomic E-state index is 0.134. The van der Waals surface area contributed by atoms with Crippen molar-refractivity contribution in [2.45, 2.75) is 33.4 Å². The van der Waals surface area contributed by atoms with Crippen molar-refractivity contribution in [3.8, 4) is 5.75 Å². The van der Waals surface area contributed by atoms with Crippen LogP contribution >= 0.6 is 0 Å². The molecular weight excluding hydrogens is 224 g/mol. The molecule has 3 heteroatoms. The highest BCUT2D eigenvalue weighted by Crippen LogP contribution is 2.21. The van der Waals surface area contributed by atoms with E-state index in [1.165, 1.54) is 5.56 Å². The molecule has 2 N–H and O–H groups in total. The van der Waals surface area contributed by atoms with Crippen LogP contribution in [-0.4, -0.2) is 31.6 Å². The van der Waals surface area contributed by atoms with E-state index < -0.39 is 0 Å². The van der Waals surface area contributed by atoms with Crippen molar-refractivity contribution in [1.82, 2.24) is 4.90 Å². The third-order valence-electron chi connectivity index (χ3n) is 3.25. The van der Waals surface area contributed by atoms with E-state index in [9.17, 15) is 0 Å². The largest absolute Gasteiger partial charge is 0.496 e. The average molecular weight is 250 g/mol. The summed E-state index contributed by atoms with van der Waals surface area (Å²) in [5.41, 5.74) is 7.53. The molecule has 0 aliphatic carbocycles. The highest BCUT2D eigenvalue weighted by molar-refractivity contribution is 5.33. The average Bonchev–Trinajstić information content (AvgIpc) is 2.28. The summed E-state index contributed by atoms with van der Waals surface area (Å²) in [4.78, 5) is 2.24. The highest BCUT2D eigenvalue weighted by Gasteiger charge is 2.22. The summed E-state index contributed by atoms with van der Waals surface area (Å²) in [6, 6.07) is 8.28. The van der Waals surface area contributed by atoms with Crippen LogP contribution in [0, 0.1) is 5.41 Å². The fourth-order valence-corrected chi connectivity index (χ4v) is 1.80. The molecule has 0 aromatic heterocycles. The van der Waals surface area contributed by atoms with Crippen molar-refractivity contribution in [1.29, 1.82) is 0 Å². The summed E-state index contributed by atoms with van der Waals surface area (Å²) >= 11 is 0. The predicted molar refractivity (Wildman–Crippen MR) is 76.8 cm³/mol. The summed E-state index contributed by atoms with van der Waals surface area (Å²) in [5, 5.41) is 0. The molecule has 0 heterocycles. The van der Waals surface area contributed by atoms with Gasteiger partial charge in [0, 0.05) is 24.7 Å². The number of benzene rings is 1. The van der Waals surface area contributed by atoms with Gasteiger partial charge in [0.25, 0.3) is 0 Å². The van der Waals surface area contributed by atoms with E-state index >= 15 is 0 Å². The maximum atomic E-state index is 6.20. The maximum absolute atomic E-state index is 6.20. The maximum Gasteiger partial charge on any atom is 0.123 e. The molecule has 0 aliphatic heterocycles. The first-order valence-electron chi connectivity index (χ1n) is 6.40. The third-order valence-corrected chi connectivity index (χ3v) is 3.25. The van der Waals surface area contributed by atoms with Crippen LogP contribution < -0.4 is 10.5 Å². The summed E-state index contributed by atoms with van der Waals surface area (Å²) in [7, 11) is 3.80. The van der Waals surface area contributed by atoms with E-state index in [2.05, 4.69) is 38.8 Å². The number of para-hydroxylation sites is 1. The first kappa shape index (κ1) is 15.0. The van der Waals surface area contributed by atoms with E-state index in [1.54, 1.807) is 7.11 Å². The van der Waals surface area contributed by atoms with Gasteiger partial charge >= 0.3 is 0 Å². The molecule has 0 aliphatic rings. The van der Waals surface area contributed by atoms with Crippen LogP contribution in [-0.2, 0) is 6.54 Å². The lowest BCUT2D eigenvalue weighted by Gasteiger charge is -2.31. The van der Waals surface area contributed by atoms with Crippen LogP contribution in [0.5, 0.6) is 5.75 Å². The van der Waals surface area contributed by atoms with E-state index in [4.69, 9.17) is 10.5 Å². The lowest BCUT2D eigenvalue weighted by atomic mass is 9.87. The van der Waals surface area contributed by atoms with Gasteiger partial charge in [0.2, 0.25) is 0 Å². The van der Waals surface area contributed by atoms with Crippen molar-refractivity contribution < 1.29 is 4.74 Å². The van der Waals surface area contributed by atoms with Crippen LogP contribution in [0.25, 0.3) is 0 Å². The molecule has 0 fully saturated rings. The van der Waals surface area contributed by atoms with Gasteiger partial charge in [-0.25, -0.2) is 0 Å². The minimum atomic E-state index is 0.134. The van der Waals surface area contributed by atoms with Gasteiger partial charge in [-0.2, -0.15) is 0 Å². The molecule has 1 atom stereocenters. The predicted octanol–water partition coefficient (Wildman–Crippen LogP) is 2.50. The Bertz CT molecular complexity index is 371. The molecule has 0 saturated carbocycles. The Morgan fingerprint density at radius 2 is 1.89 bits per heavy atom. The topological polar surface area (TPSA) is 38.5 Å².